The lowest BCUT2D eigenvalue weighted by Gasteiger charge is -2.10. The van der Waals surface area contributed by atoms with E-state index >= 15 is 0 Å². The van der Waals surface area contributed by atoms with E-state index in [4.69, 9.17) is 5.73 Å². The predicted octanol–water partition coefficient (Wildman–Crippen LogP) is 0.882. The highest BCUT2D eigenvalue weighted by atomic mass is 32.2. The van der Waals surface area contributed by atoms with Gasteiger partial charge in [0.15, 0.2) is 0 Å². The minimum absolute atomic E-state index is 0.364. The van der Waals surface area contributed by atoms with E-state index in [-0.39, 0.29) is 0 Å². The highest BCUT2D eigenvalue weighted by molar-refractivity contribution is 7.85. The number of hydrogen-bond donors (Lipinski definition) is 1. The summed E-state index contributed by atoms with van der Waals surface area (Å²) in [6.45, 7) is 4.69. The van der Waals surface area contributed by atoms with Crippen LogP contribution >= 0.6 is 0 Å². The summed E-state index contributed by atoms with van der Waals surface area (Å²) in [6.07, 6.45) is 2.01. The predicted molar refractivity (Wildman–Crippen MR) is 46.4 cm³/mol. The van der Waals surface area contributed by atoms with Crippen molar-refractivity contribution in [3.05, 3.63) is 0 Å². The molecule has 0 saturated carbocycles. The van der Waals surface area contributed by atoms with Crippen molar-refractivity contribution in [1.82, 2.24) is 0 Å². The molecule has 3 heteroatoms. The van der Waals surface area contributed by atoms with E-state index in [1.807, 2.05) is 0 Å². The van der Waals surface area contributed by atoms with E-state index in [0.29, 0.717) is 17.5 Å². The van der Waals surface area contributed by atoms with Crippen LogP contribution in [0.4, 0.5) is 0 Å². The van der Waals surface area contributed by atoms with Gasteiger partial charge in [-0.2, -0.15) is 0 Å². The van der Waals surface area contributed by atoms with Crippen molar-refractivity contribution in [2.45, 2.75) is 31.9 Å². The van der Waals surface area contributed by atoms with E-state index in [2.05, 4.69) is 13.8 Å². The first-order valence-corrected chi connectivity index (χ1v) is 5.21. The maximum atomic E-state index is 11.2. The zero-order chi connectivity index (χ0) is 7.98. The van der Waals surface area contributed by atoms with E-state index in [1.165, 1.54) is 0 Å². The lowest BCUT2D eigenvalue weighted by atomic mass is 10.3. The maximum Gasteiger partial charge on any atom is 0.0360 e. The Labute approximate surface area is 65.6 Å². The molecule has 0 fully saturated rings. The van der Waals surface area contributed by atoms with E-state index in [0.717, 1.165) is 12.8 Å². The minimum Gasteiger partial charge on any atom is -0.330 e. The van der Waals surface area contributed by atoms with Crippen molar-refractivity contribution in [3.63, 3.8) is 0 Å². The van der Waals surface area contributed by atoms with Gasteiger partial charge in [-0.05, 0) is 12.8 Å². The van der Waals surface area contributed by atoms with Crippen molar-refractivity contribution in [2.75, 3.05) is 12.3 Å². The number of rotatable bonds is 5. The SMILES string of the molecule is CCC(CC)S(=O)CCN. The molecule has 1 unspecified atom stereocenters. The van der Waals surface area contributed by atoms with Crippen LogP contribution < -0.4 is 5.73 Å². The van der Waals surface area contributed by atoms with Crippen LogP contribution in [0.25, 0.3) is 0 Å². The Balaban J connectivity index is 3.65. The van der Waals surface area contributed by atoms with Gasteiger partial charge in [-0.1, -0.05) is 13.8 Å². The number of nitrogens with two attached hydrogens (primary N) is 1. The van der Waals surface area contributed by atoms with E-state index < -0.39 is 10.8 Å². The molecule has 0 aliphatic rings. The molecule has 0 rings (SSSR count). The molecule has 0 amide bonds. The molecule has 0 aliphatic carbocycles. The second-order valence-corrected chi connectivity index (χ2v) is 4.15. The highest BCUT2D eigenvalue weighted by Crippen LogP contribution is 2.05. The Morgan fingerprint density at radius 2 is 1.90 bits per heavy atom. The molecule has 0 aromatic heterocycles. The molecular weight excluding hydrogens is 146 g/mol. The van der Waals surface area contributed by atoms with Gasteiger partial charge in [0, 0.05) is 28.3 Å². The van der Waals surface area contributed by atoms with Crippen LogP contribution in [0.3, 0.4) is 0 Å². The lowest BCUT2D eigenvalue weighted by Crippen LogP contribution is -2.20. The second kappa shape index (κ2) is 5.86. The third kappa shape index (κ3) is 3.32. The molecule has 1 atom stereocenters. The largest absolute Gasteiger partial charge is 0.330 e. The zero-order valence-electron chi connectivity index (χ0n) is 6.80. The molecule has 0 heterocycles. The van der Waals surface area contributed by atoms with Crippen molar-refractivity contribution >= 4 is 10.8 Å². The Hall–Kier alpha value is 0.110. The van der Waals surface area contributed by atoms with E-state index in [9.17, 15) is 4.21 Å². The van der Waals surface area contributed by atoms with Gasteiger partial charge in [-0.15, -0.1) is 0 Å². The Morgan fingerprint density at radius 3 is 2.20 bits per heavy atom. The summed E-state index contributed by atoms with van der Waals surface area (Å²) in [6, 6.07) is 0. The molecular formula is C7H17NOS. The Bertz CT molecular complexity index is 102. The van der Waals surface area contributed by atoms with Crippen molar-refractivity contribution in [2.24, 2.45) is 5.73 Å². The third-order valence-corrected chi connectivity index (χ3v) is 3.65. The summed E-state index contributed by atoms with van der Waals surface area (Å²) < 4.78 is 11.2. The van der Waals surface area contributed by atoms with E-state index in [1.54, 1.807) is 0 Å². The molecule has 62 valence electrons. The summed E-state index contributed by atoms with van der Waals surface area (Å²) >= 11 is 0. The first kappa shape index (κ1) is 10.1. The fraction of sp³-hybridized carbons (Fsp3) is 1.00. The molecule has 0 aromatic carbocycles. The Morgan fingerprint density at radius 1 is 1.40 bits per heavy atom. The normalized spacial score (nSPS) is 14.0. The van der Waals surface area contributed by atoms with Gasteiger partial charge in [-0.3, -0.25) is 4.21 Å². The van der Waals surface area contributed by atoms with Gasteiger partial charge in [0.05, 0.1) is 0 Å². The first-order chi connectivity index (χ1) is 4.76. The van der Waals surface area contributed by atoms with Crippen molar-refractivity contribution in [1.29, 1.82) is 0 Å². The summed E-state index contributed by atoms with van der Waals surface area (Å²) in [7, 11) is -0.683. The fourth-order valence-corrected chi connectivity index (χ4v) is 2.25. The molecule has 0 saturated heterocycles. The fourth-order valence-electron chi connectivity index (χ4n) is 0.943. The van der Waals surface area contributed by atoms with Crippen LogP contribution in [0.2, 0.25) is 0 Å². The number of hydrogen-bond acceptors (Lipinski definition) is 2. The van der Waals surface area contributed by atoms with Gasteiger partial charge >= 0.3 is 0 Å². The van der Waals surface area contributed by atoms with Gasteiger partial charge in [0.25, 0.3) is 0 Å². The van der Waals surface area contributed by atoms with Gasteiger partial charge < -0.3 is 5.73 Å². The molecule has 0 aromatic rings. The van der Waals surface area contributed by atoms with Crippen LogP contribution in [0.1, 0.15) is 26.7 Å². The van der Waals surface area contributed by atoms with Crippen LogP contribution in [-0.4, -0.2) is 21.8 Å². The van der Waals surface area contributed by atoms with Crippen molar-refractivity contribution < 1.29 is 4.21 Å². The first-order valence-electron chi connectivity index (χ1n) is 3.83. The zero-order valence-corrected chi connectivity index (χ0v) is 7.62. The monoisotopic (exact) mass is 163 g/mol. The van der Waals surface area contributed by atoms with Gasteiger partial charge in [0.1, 0.15) is 0 Å². The minimum atomic E-state index is -0.683. The molecule has 0 aliphatic heterocycles. The van der Waals surface area contributed by atoms with Gasteiger partial charge in [0.2, 0.25) is 0 Å². The molecule has 0 radical (unpaired) electrons. The van der Waals surface area contributed by atoms with Crippen molar-refractivity contribution in [3.8, 4) is 0 Å². The maximum absolute atomic E-state index is 11.2. The Kier molecular flexibility index (Phi) is 5.93. The summed E-state index contributed by atoms with van der Waals surface area (Å²) in [5, 5.41) is 0.364. The average molecular weight is 163 g/mol. The molecule has 0 bridgehead atoms. The van der Waals surface area contributed by atoms with Crippen LogP contribution in [0.5, 0.6) is 0 Å². The topological polar surface area (TPSA) is 43.1 Å². The second-order valence-electron chi connectivity index (χ2n) is 2.31. The summed E-state index contributed by atoms with van der Waals surface area (Å²) in [5.74, 6) is 0.659. The molecule has 2 nitrogen and oxygen atoms in total. The average Bonchev–Trinajstić information content (AvgIpc) is 1.91. The van der Waals surface area contributed by atoms with Gasteiger partial charge in [-0.25, -0.2) is 0 Å². The highest BCUT2D eigenvalue weighted by Gasteiger charge is 2.10. The lowest BCUT2D eigenvalue weighted by molar-refractivity contribution is 0.658. The summed E-state index contributed by atoms with van der Waals surface area (Å²) in [4.78, 5) is 0. The molecule has 10 heavy (non-hydrogen) atoms. The molecule has 0 spiro atoms. The van der Waals surface area contributed by atoms with Crippen LogP contribution in [0.15, 0.2) is 0 Å². The van der Waals surface area contributed by atoms with Crippen LogP contribution in [-0.2, 0) is 10.8 Å². The quantitative estimate of drug-likeness (QED) is 0.654. The smallest absolute Gasteiger partial charge is 0.0360 e. The van der Waals surface area contributed by atoms with Crippen LogP contribution in [0, 0.1) is 0 Å². The molecule has 2 N–H and O–H groups in total. The standard InChI is InChI=1S/C7H17NOS/c1-3-7(4-2)10(9)6-5-8/h7H,3-6,8H2,1-2H3. The third-order valence-electron chi connectivity index (χ3n) is 1.60. The summed E-state index contributed by atoms with van der Waals surface area (Å²) in [5.41, 5.74) is 5.28.